The summed E-state index contributed by atoms with van der Waals surface area (Å²) in [6.07, 6.45) is 0. The highest BCUT2D eigenvalue weighted by Crippen LogP contribution is 1.79. The van der Waals surface area contributed by atoms with E-state index in [0.29, 0.717) is 10.4 Å². The van der Waals surface area contributed by atoms with Gasteiger partial charge in [0.15, 0.2) is 0 Å². The van der Waals surface area contributed by atoms with E-state index in [-0.39, 0.29) is 11.4 Å². The van der Waals surface area contributed by atoms with Gasteiger partial charge in [0.25, 0.3) is 0 Å². The zero-order chi connectivity index (χ0) is 10.6. The zero-order valence-electron chi connectivity index (χ0n) is 7.36. The summed E-state index contributed by atoms with van der Waals surface area (Å²) in [5.74, 6) is 0. The van der Waals surface area contributed by atoms with Crippen LogP contribution in [0.15, 0.2) is 24.3 Å². The van der Waals surface area contributed by atoms with Crippen LogP contribution in [0.1, 0.15) is 0 Å². The molecule has 0 fully saturated rings. The number of hydrogen-bond donors (Lipinski definition) is 2. The predicted octanol–water partition coefficient (Wildman–Crippen LogP) is -1.13. The maximum absolute atomic E-state index is 8.52. The Labute approximate surface area is 81.0 Å². The van der Waals surface area contributed by atoms with Crippen molar-refractivity contribution < 1.29 is 0 Å². The lowest BCUT2D eigenvalue weighted by atomic mass is 10.2. The van der Waals surface area contributed by atoms with Crippen LogP contribution in [0.25, 0.3) is 11.4 Å². The Kier molecular flexibility index (Phi) is 2.73. The molecule has 4 N–H and O–H groups in total. The van der Waals surface area contributed by atoms with Gasteiger partial charge in [-0.15, -0.1) is 0 Å². The summed E-state index contributed by atoms with van der Waals surface area (Å²) in [5, 5.41) is 18.3. The molecule has 68 valence electrons. The van der Waals surface area contributed by atoms with Gasteiger partial charge in [0.1, 0.15) is 23.5 Å². The lowest BCUT2D eigenvalue weighted by molar-refractivity contribution is 1.42. The van der Waals surface area contributed by atoms with Crippen LogP contribution in [0.4, 0.5) is 0 Å². The third-order valence-electron chi connectivity index (χ3n) is 1.75. The first-order chi connectivity index (χ1) is 6.69. The third kappa shape index (κ3) is 1.82. The molecule has 0 amide bonds. The summed E-state index contributed by atoms with van der Waals surface area (Å²) < 4.78 is 0. The van der Waals surface area contributed by atoms with Crippen LogP contribution in [-0.4, -0.2) is 0 Å². The minimum absolute atomic E-state index is 0.145. The molecule has 0 radical (unpaired) electrons. The molecule has 0 atom stereocenters. The molecule has 1 aromatic rings. The molecule has 0 unspecified atom stereocenters. The fraction of sp³-hybridized carbons (Fsp3) is 0. The van der Waals surface area contributed by atoms with Crippen LogP contribution in [0, 0.1) is 22.7 Å². The number of rotatable bonds is 0. The average molecular weight is 184 g/mol. The Hall–Kier alpha value is -2.46. The van der Waals surface area contributed by atoms with E-state index in [2.05, 4.69) is 0 Å². The molecule has 0 aromatic heterocycles. The van der Waals surface area contributed by atoms with Gasteiger partial charge >= 0.3 is 0 Å². The summed E-state index contributed by atoms with van der Waals surface area (Å²) in [6, 6.07) is 10.3. The van der Waals surface area contributed by atoms with Gasteiger partial charge in [-0.25, -0.2) is 0 Å². The first kappa shape index (κ1) is 9.63. The maximum Gasteiger partial charge on any atom is 0.118 e. The van der Waals surface area contributed by atoms with Crippen LogP contribution in [0.5, 0.6) is 0 Å². The highest BCUT2D eigenvalue weighted by molar-refractivity contribution is 5.58. The second kappa shape index (κ2) is 3.97. The van der Waals surface area contributed by atoms with Crippen LogP contribution < -0.4 is 21.9 Å². The molecule has 4 nitrogen and oxygen atoms in total. The zero-order valence-corrected chi connectivity index (χ0v) is 7.36. The summed E-state index contributed by atoms with van der Waals surface area (Å²) in [6.45, 7) is 0. The molecule has 14 heavy (non-hydrogen) atoms. The Bertz CT molecular complexity index is 468. The lowest BCUT2D eigenvalue weighted by Gasteiger charge is -1.90. The normalized spacial score (nSPS) is 8.43. The Morgan fingerprint density at radius 2 is 1.14 bits per heavy atom. The van der Waals surface area contributed by atoms with Crippen molar-refractivity contribution in [1.29, 1.82) is 10.5 Å². The average Bonchev–Trinajstić information content (AvgIpc) is 2.27. The smallest absolute Gasteiger partial charge is 0.118 e. The second-order valence-corrected chi connectivity index (χ2v) is 2.63. The van der Waals surface area contributed by atoms with Gasteiger partial charge in [-0.05, 0) is 0 Å². The molecule has 0 aliphatic heterocycles. The summed E-state index contributed by atoms with van der Waals surface area (Å²) >= 11 is 0. The Balaban J connectivity index is 3.45. The standard InChI is InChI=1S/C10H8N4/c11-5-9(13)7-1-2-8(4-3-7)10(14)6-12/h1-4H,13-14H2. The number of hydrogen-bond acceptors (Lipinski definition) is 4. The van der Waals surface area contributed by atoms with E-state index in [4.69, 9.17) is 22.0 Å². The Morgan fingerprint density at radius 3 is 1.36 bits per heavy atom. The largest absolute Gasteiger partial charge is 0.390 e. The Morgan fingerprint density at radius 1 is 0.857 bits per heavy atom. The van der Waals surface area contributed by atoms with Crippen molar-refractivity contribution in [1.82, 2.24) is 0 Å². The minimum Gasteiger partial charge on any atom is -0.390 e. The molecule has 0 bridgehead atoms. The molecule has 1 aromatic carbocycles. The van der Waals surface area contributed by atoms with Gasteiger partial charge in [0, 0.05) is 10.4 Å². The molecule has 0 aliphatic carbocycles. The quantitative estimate of drug-likeness (QED) is 0.532. The van der Waals surface area contributed by atoms with E-state index in [1.54, 1.807) is 24.3 Å². The van der Waals surface area contributed by atoms with Crippen LogP contribution >= 0.6 is 0 Å². The molecule has 4 heteroatoms. The van der Waals surface area contributed by atoms with Crippen LogP contribution in [0.3, 0.4) is 0 Å². The van der Waals surface area contributed by atoms with Gasteiger partial charge in [0.2, 0.25) is 0 Å². The highest BCUT2D eigenvalue weighted by atomic mass is 14.6. The van der Waals surface area contributed by atoms with Crippen molar-refractivity contribution in [3.05, 3.63) is 34.7 Å². The van der Waals surface area contributed by atoms with E-state index in [1.807, 2.05) is 12.1 Å². The van der Waals surface area contributed by atoms with Crippen LogP contribution in [0.2, 0.25) is 0 Å². The van der Waals surface area contributed by atoms with Gasteiger partial charge in [0.05, 0.1) is 0 Å². The molecule has 0 spiro atoms. The lowest BCUT2D eigenvalue weighted by Crippen LogP contribution is -2.17. The van der Waals surface area contributed by atoms with E-state index < -0.39 is 0 Å². The summed E-state index contributed by atoms with van der Waals surface area (Å²) in [7, 11) is 0. The number of benzene rings is 1. The predicted molar refractivity (Wildman–Crippen MR) is 52.1 cm³/mol. The molecule has 0 aliphatic rings. The molecule has 1 rings (SSSR count). The topological polar surface area (TPSA) is 99.6 Å². The van der Waals surface area contributed by atoms with Gasteiger partial charge < -0.3 is 11.5 Å². The SMILES string of the molecule is N#CC(N)=c1ccc(=C(N)C#N)cc1. The second-order valence-electron chi connectivity index (χ2n) is 2.63. The number of nitrogens with two attached hydrogens (primary N) is 2. The number of nitriles is 2. The monoisotopic (exact) mass is 184 g/mol. The van der Waals surface area contributed by atoms with Gasteiger partial charge in [-0.2, -0.15) is 10.5 Å². The summed E-state index contributed by atoms with van der Waals surface area (Å²) in [5.41, 5.74) is 11.1. The molecule has 0 saturated carbocycles. The fourth-order valence-corrected chi connectivity index (χ4v) is 0.958. The van der Waals surface area contributed by atoms with Crippen molar-refractivity contribution in [3.63, 3.8) is 0 Å². The van der Waals surface area contributed by atoms with Crippen LogP contribution in [-0.2, 0) is 0 Å². The molecular weight excluding hydrogens is 176 g/mol. The van der Waals surface area contributed by atoms with Crippen molar-refractivity contribution >= 4 is 11.4 Å². The van der Waals surface area contributed by atoms with E-state index in [9.17, 15) is 0 Å². The van der Waals surface area contributed by atoms with Crippen molar-refractivity contribution in [3.8, 4) is 12.1 Å². The molecule has 0 heterocycles. The molecule has 0 saturated heterocycles. The van der Waals surface area contributed by atoms with Crippen molar-refractivity contribution in [2.24, 2.45) is 11.5 Å². The summed E-state index contributed by atoms with van der Waals surface area (Å²) in [4.78, 5) is 0. The first-order valence-electron chi connectivity index (χ1n) is 3.85. The van der Waals surface area contributed by atoms with Crippen molar-refractivity contribution in [2.45, 2.75) is 0 Å². The highest BCUT2D eigenvalue weighted by Gasteiger charge is 1.90. The minimum atomic E-state index is 0.145. The first-order valence-corrected chi connectivity index (χ1v) is 3.85. The van der Waals surface area contributed by atoms with Gasteiger partial charge in [-0.1, -0.05) is 24.3 Å². The van der Waals surface area contributed by atoms with E-state index in [1.165, 1.54) is 0 Å². The van der Waals surface area contributed by atoms with Crippen molar-refractivity contribution in [2.75, 3.05) is 0 Å². The fourth-order valence-electron chi connectivity index (χ4n) is 0.958. The number of nitrogens with zero attached hydrogens (tertiary/aromatic N) is 2. The maximum atomic E-state index is 8.52. The van der Waals surface area contributed by atoms with Gasteiger partial charge in [-0.3, -0.25) is 0 Å². The van der Waals surface area contributed by atoms with E-state index in [0.717, 1.165) is 0 Å². The molecular formula is C10H8N4. The third-order valence-corrected chi connectivity index (χ3v) is 1.75. The van der Waals surface area contributed by atoms with E-state index >= 15 is 0 Å².